The number of rotatable bonds is 3. The molecular formula is C16H24ClN3O. The highest BCUT2D eigenvalue weighted by Gasteiger charge is 2.06. The van der Waals surface area contributed by atoms with E-state index in [0.717, 1.165) is 27.2 Å². The van der Waals surface area contributed by atoms with E-state index >= 15 is 0 Å². The fourth-order valence-electron chi connectivity index (χ4n) is 1.91. The maximum absolute atomic E-state index is 11.5. The molecule has 0 spiro atoms. The Bertz CT molecular complexity index is 566. The summed E-state index contributed by atoms with van der Waals surface area (Å²) in [4.78, 5) is 14.8. The number of fused-ring (bicyclic) bond motifs is 1. The summed E-state index contributed by atoms with van der Waals surface area (Å²) in [7, 11) is 0. The summed E-state index contributed by atoms with van der Waals surface area (Å²) in [6.07, 6.45) is 0. The number of aromatic nitrogens is 1. The predicted molar refractivity (Wildman–Crippen MR) is 89.9 cm³/mol. The van der Waals surface area contributed by atoms with Gasteiger partial charge in [0.05, 0.1) is 6.54 Å². The minimum Gasteiger partial charge on any atom is -0.357 e. The first-order valence-corrected chi connectivity index (χ1v) is 7.65. The Kier molecular flexibility index (Phi) is 6.56. The van der Waals surface area contributed by atoms with Crippen LogP contribution in [0.25, 0.3) is 10.9 Å². The van der Waals surface area contributed by atoms with E-state index in [1.807, 2.05) is 52.8 Å². The lowest BCUT2D eigenvalue weighted by atomic mass is 10.2. The summed E-state index contributed by atoms with van der Waals surface area (Å²) in [5.74, 6) is 0. The zero-order valence-corrected chi connectivity index (χ0v) is 14.1. The maximum atomic E-state index is 11.5. The highest BCUT2D eigenvalue weighted by molar-refractivity contribution is 6.32. The second-order valence-corrected chi connectivity index (χ2v) is 5.37. The van der Waals surface area contributed by atoms with Gasteiger partial charge in [0.1, 0.15) is 0 Å². The summed E-state index contributed by atoms with van der Waals surface area (Å²) in [5, 5.41) is 7.39. The highest BCUT2D eigenvalue weighted by atomic mass is 35.5. The average molecular weight is 310 g/mol. The number of benzene rings is 1. The Morgan fingerprint density at radius 2 is 1.95 bits per heavy atom. The molecule has 2 rings (SSSR count). The third kappa shape index (κ3) is 4.97. The Morgan fingerprint density at radius 1 is 1.29 bits per heavy atom. The lowest BCUT2D eigenvalue weighted by Gasteiger charge is -2.09. The van der Waals surface area contributed by atoms with Crippen molar-refractivity contribution in [1.82, 2.24) is 15.6 Å². The van der Waals surface area contributed by atoms with E-state index in [9.17, 15) is 4.79 Å². The smallest absolute Gasteiger partial charge is 0.315 e. The van der Waals surface area contributed by atoms with Gasteiger partial charge in [0.15, 0.2) is 0 Å². The number of hydrogen-bond donors (Lipinski definition) is 3. The summed E-state index contributed by atoms with van der Waals surface area (Å²) in [6, 6.07) is 5.90. The van der Waals surface area contributed by atoms with Crippen LogP contribution in [0.1, 0.15) is 39.0 Å². The van der Waals surface area contributed by atoms with Gasteiger partial charge >= 0.3 is 6.03 Å². The third-order valence-corrected chi connectivity index (χ3v) is 3.22. The second kappa shape index (κ2) is 7.93. The molecule has 0 aliphatic heterocycles. The zero-order valence-electron chi connectivity index (χ0n) is 13.3. The number of aryl methyl sites for hydroxylation is 1. The van der Waals surface area contributed by atoms with Gasteiger partial charge < -0.3 is 15.6 Å². The minimum atomic E-state index is -0.164. The van der Waals surface area contributed by atoms with Crippen LogP contribution in [-0.4, -0.2) is 17.1 Å². The summed E-state index contributed by atoms with van der Waals surface area (Å²) in [6.45, 7) is 10.3. The van der Waals surface area contributed by atoms with Crippen molar-refractivity contribution in [3.8, 4) is 0 Å². The molecule has 1 heterocycles. The quantitative estimate of drug-likeness (QED) is 0.775. The number of halogens is 1. The molecule has 5 heteroatoms. The predicted octanol–water partition coefficient (Wildman–Crippen LogP) is 4.36. The molecule has 4 nitrogen and oxygen atoms in total. The Balaban J connectivity index is 0.00000106. The Hall–Kier alpha value is -1.68. The van der Waals surface area contributed by atoms with Crippen molar-refractivity contribution in [2.24, 2.45) is 0 Å². The number of hydrogen-bond acceptors (Lipinski definition) is 1. The molecule has 0 fully saturated rings. The normalized spacial score (nSPS) is 10.2. The molecule has 2 aromatic rings. The molecule has 1 aromatic heterocycles. The van der Waals surface area contributed by atoms with Crippen LogP contribution >= 0.6 is 11.6 Å². The van der Waals surface area contributed by atoms with Crippen molar-refractivity contribution < 1.29 is 4.79 Å². The van der Waals surface area contributed by atoms with Crippen molar-refractivity contribution >= 4 is 28.5 Å². The zero-order chi connectivity index (χ0) is 16.0. The van der Waals surface area contributed by atoms with Gasteiger partial charge in [0.25, 0.3) is 0 Å². The van der Waals surface area contributed by atoms with Gasteiger partial charge in [0, 0.05) is 27.7 Å². The van der Waals surface area contributed by atoms with Crippen LogP contribution in [0, 0.1) is 6.92 Å². The molecule has 3 N–H and O–H groups in total. The van der Waals surface area contributed by atoms with Crippen LogP contribution in [-0.2, 0) is 6.54 Å². The van der Waals surface area contributed by atoms with Crippen molar-refractivity contribution in [3.05, 3.63) is 34.5 Å². The van der Waals surface area contributed by atoms with Gasteiger partial charge in [0.2, 0.25) is 0 Å². The largest absolute Gasteiger partial charge is 0.357 e. The molecule has 0 radical (unpaired) electrons. The first kappa shape index (κ1) is 17.4. The highest BCUT2D eigenvalue weighted by Crippen LogP contribution is 2.23. The SMILES string of the molecule is CC.Cc1cc2[nH]c(CNC(=O)NC(C)C)cc2cc1Cl. The minimum absolute atomic E-state index is 0.129. The molecule has 2 amide bonds. The van der Waals surface area contributed by atoms with Crippen LogP contribution < -0.4 is 10.6 Å². The molecule has 1 aromatic carbocycles. The topological polar surface area (TPSA) is 56.9 Å². The van der Waals surface area contributed by atoms with E-state index in [-0.39, 0.29) is 12.1 Å². The fourth-order valence-corrected chi connectivity index (χ4v) is 2.08. The van der Waals surface area contributed by atoms with Crippen LogP contribution in [0.15, 0.2) is 18.2 Å². The first-order chi connectivity index (χ1) is 9.95. The monoisotopic (exact) mass is 309 g/mol. The molecule has 0 unspecified atom stereocenters. The molecular weight excluding hydrogens is 286 g/mol. The lowest BCUT2D eigenvalue weighted by molar-refractivity contribution is 0.238. The van der Waals surface area contributed by atoms with Crippen LogP contribution in [0.4, 0.5) is 4.79 Å². The van der Waals surface area contributed by atoms with Gasteiger partial charge in [-0.1, -0.05) is 25.4 Å². The number of carbonyl (C=O) groups excluding carboxylic acids is 1. The number of H-pyrrole nitrogens is 1. The number of amides is 2. The second-order valence-electron chi connectivity index (χ2n) is 4.96. The van der Waals surface area contributed by atoms with E-state index in [1.165, 1.54) is 0 Å². The maximum Gasteiger partial charge on any atom is 0.315 e. The van der Waals surface area contributed by atoms with E-state index in [0.29, 0.717) is 6.54 Å². The summed E-state index contributed by atoms with van der Waals surface area (Å²) >= 11 is 6.09. The first-order valence-electron chi connectivity index (χ1n) is 7.28. The number of aromatic amines is 1. The third-order valence-electron chi connectivity index (χ3n) is 2.81. The van der Waals surface area contributed by atoms with E-state index in [1.54, 1.807) is 0 Å². The van der Waals surface area contributed by atoms with Gasteiger partial charge in [-0.2, -0.15) is 0 Å². The Morgan fingerprint density at radius 3 is 2.57 bits per heavy atom. The van der Waals surface area contributed by atoms with Crippen LogP contribution in [0.2, 0.25) is 5.02 Å². The standard InChI is InChI=1S/C14H18ClN3O.C2H6/c1-8(2)17-14(19)16-7-11-5-10-6-12(15)9(3)4-13(10)18-11;1-2/h4-6,8,18H,7H2,1-3H3,(H2,16,17,19);1-2H3. The number of urea groups is 1. The molecule has 0 atom stereocenters. The average Bonchev–Trinajstić information content (AvgIpc) is 2.80. The molecule has 21 heavy (non-hydrogen) atoms. The van der Waals surface area contributed by atoms with Crippen molar-refractivity contribution in [2.75, 3.05) is 0 Å². The molecule has 0 aliphatic carbocycles. The molecule has 0 bridgehead atoms. The van der Waals surface area contributed by atoms with Gasteiger partial charge in [-0.05, 0) is 44.5 Å². The van der Waals surface area contributed by atoms with Crippen molar-refractivity contribution in [1.29, 1.82) is 0 Å². The van der Waals surface area contributed by atoms with Crippen LogP contribution in [0.3, 0.4) is 0 Å². The molecule has 0 saturated carbocycles. The van der Waals surface area contributed by atoms with Crippen molar-refractivity contribution in [3.63, 3.8) is 0 Å². The van der Waals surface area contributed by atoms with E-state index in [4.69, 9.17) is 11.6 Å². The summed E-state index contributed by atoms with van der Waals surface area (Å²) in [5.41, 5.74) is 3.02. The fraction of sp³-hybridized carbons (Fsp3) is 0.438. The summed E-state index contributed by atoms with van der Waals surface area (Å²) < 4.78 is 0. The number of carbonyl (C=O) groups is 1. The van der Waals surface area contributed by atoms with Gasteiger partial charge in [-0.3, -0.25) is 0 Å². The molecule has 116 valence electrons. The number of nitrogens with one attached hydrogen (secondary N) is 3. The lowest BCUT2D eigenvalue weighted by Crippen LogP contribution is -2.39. The molecule has 0 aliphatic rings. The van der Waals surface area contributed by atoms with Gasteiger partial charge in [-0.15, -0.1) is 0 Å². The van der Waals surface area contributed by atoms with Crippen LogP contribution in [0.5, 0.6) is 0 Å². The van der Waals surface area contributed by atoms with E-state index in [2.05, 4.69) is 15.6 Å². The van der Waals surface area contributed by atoms with E-state index < -0.39 is 0 Å². The molecule has 0 saturated heterocycles. The Labute approximate surface area is 131 Å². The van der Waals surface area contributed by atoms with Crippen molar-refractivity contribution in [2.45, 2.75) is 47.2 Å². The van der Waals surface area contributed by atoms with Gasteiger partial charge in [-0.25, -0.2) is 4.79 Å².